The molecule has 4 heteroatoms. The molecule has 3 rings (SSSR count). The first kappa shape index (κ1) is 12.9. The topological polar surface area (TPSA) is 36.9 Å². The minimum absolute atomic E-state index is 0.665. The van der Waals surface area contributed by atoms with E-state index in [2.05, 4.69) is 42.4 Å². The molecule has 0 unspecified atom stereocenters. The molecule has 0 radical (unpaired) electrons. The molecule has 18 heavy (non-hydrogen) atoms. The normalized spacial score (nSPS) is 9.89. The lowest BCUT2D eigenvalue weighted by Crippen LogP contribution is -1.75. The van der Waals surface area contributed by atoms with E-state index in [0.717, 1.165) is 21.9 Å². The predicted molar refractivity (Wildman–Crippen MR) is 81.1 cm³/mol. The third-order valence-corrected chi connectivity index (χ3v) is 2.83. The molecule has 3 aromatic rings. The minimum atomic E-state index is 0.665. The summed E-state index contributed by atoms with van der Waals surface area (Å²) in [5, 5.41) is 11.0. The third-order valence-electron chi connectivity index (χ3n) is 2.83. The van der Waals surface area contributed by atoms with Gasteiger partial charge in [-0.3, -0.25) is 0 Å². The lowest BCUT2D eigenvalue weighted by atomic mass is 10.1. The number of benzene rings is 2. The van der Waals surface area contributed by atoms with Crippen LogP contribution in [0.1, 0.15) is 11.1 Å². The van der Waals surface area contributed by atoms with Gasteiger partial charge in [-0.25, -0.2) is 0 Å². The van der Waals surface area contributed by atoms with Crippen molar-refractivity contribution >= 4 is 45.3 Å². The van der Waals surface area contributed by atoms with Gasteiger partial charge in [0.2, 0.25) is 0 Å². The molecule has 0 saturated heterocycles. The van der Waals surface area contributed by atoms with E-state index in [9.17, 15) is 0 Å². The summed E-state index contributed by atoms with van der Waals surface area (Å²) in [5.74, 6) is 0. The zero-order valence-electron chi connectivity index (χ0n) is 9.71. The Morgan fingerprint density at radius 1 is 1.11 bits per heavy atom. The molecule has 0 bridgehead atoms. The first-order valence-electron chi connectivity index (χ1n) is 5.31. The molecule has 0 aliphatic carbocycles. The van der Waals surface area contributed by atoms with Gasteiger partial charge in [0.25, 0.3) is 0 Å². The van der Waals surface area contributed by atoms with E-state index in [4.69, 9.17) is 9.68 Å². The van der Waals surface area contributed by atoms with Crippen molar-refractivity contribution in [2.45, 2.75) is 6.92 Å². The summed E-state index contributed by atoms with van der Waals surface area (Å²) in [7, 11) is 0. The van der Waals surface area contributed by atoms with Gasteiger partial charge in [0.1, 0.15) is 11.2 Å². The number of fused-ring (bicyclic) bond motifs is 3. The molecule has 2 aromatic carbocycles. The van der Waals surface area contributed by atoms with E-state index in [-0.39, 0.29) is 0 Å². The van der Waals surface area contributed by atoms with Gasteiger partial charge in [-0.15, -0.1) is 23.3 Å². The largest absolute Gasteiger partial charge is 0.456 e. The molecule has 90 valence electrons. The molecule has 0 aliphatic heterocycles. The Kier molecular flexibility index (Phi) is 3.85. The Balaban J connectivity index is 0.000000574. The Morgan fingerprint density at radius 2 is 1.89 bits per heavy atom. The van der Waals surface area contributed by atoms with Crippen LogP contribution in [-0.4, -0.2) is 0 Å². The molecule has 0 saturated carbocycles. The number of hydrogen-bond acceptors (Lipinski definition) is 4. The summed E-state index contributed by atoms with van der Waals surface area (Å²) in [5.41, 5.74) is 3.55. The maximum absolute atomic E-state index is 8.90. The highest BCUT2D eigenvalue weighted by atomic mass is 33.1. The van der Waals surface area contributed by atoms with E-state index in [1.807, 2.05) is 24.3 Å². The molecule has 0 amide bonds. The van der Waals surface area contributed by atoms with Gasteiger partial charge in [0.15, 0.2) is 0 Å². The molecule has 1 aromatic heterocycles. The number of thiol groups is 2. The van der Waals surface area contributed by atoms with Crippen molar-refractivity contribution in [3.8, 4) is 6.07 Å². The smallest absolute Gasteiger partial charge is 0.135 e. The molecule has 0 atom stereocenters. The lowest BCUT2D eigenvalue weighted by Gasteiger charge is -1.94. The Hall–Kier alpha value is -1.57. The van der Waals surface area contributed by atoms with Crippen LogP contribution in [0.2, 0.25) is 0 Å². The monoisotopic (exact) mass is 273 g/mol. The average molecular weight is 273 g/mol. The maximum Gasteiger partial charge on any atom is 0.135 e. The average Bonchev–Trinajstić information content (AvgIpc) is 2.79. The van der Waals surface area contributed by atoms with Gasteiger partial charge in [0, 0.05) is 10.8 Å². The van der Waals surface area contributed by atoms with E-state index < -0.39 is 0 Å². The van der Waals surface area contributed by atoms with E-state index in [0.29, 0.717) is 5.56 Å². The van der Waals surface area contributed by atoms with Crippen molar-refractivity contribution < 1.29 is 4.42 Å². The highest BCUT2D eigenvalue weighted by molar-refractivity contribution is 8.59. The van der Waals surface area contributed by atoms with Crippen molar-refractivity contribution in [2.24, 2.45) is 0 Å². The van der Waals surface area contributed by atoms with Crippen LogP contribution < -0.4 is 0 Å². The number of nitrogens with zero attached hydrogens (tertiary/aromatic N) is 1. The van der Waals surface area contributed by atoms with Crippen LogP contribution in [0, 0.1) is 18.3 Å². The van der Waals surface area contributed by atoms with Gasteiger partial charge < -0.3 is 4.42 Å². The predicted octanol–water partition coefficient (Wildman–Crippen LogP) is 4.53. The molecule has 0 spiro atoms. The van der Waals surface area contributed by atoms with Crippen molar-refractivity contribution in [1.29, 1.82) is 5.26 Å². The number of rotatable bonds is 0. The Bertz CT molecular complexity index is 740. The number of nitriles is 1. The highest BCUT2D eigenvalue weighted by Gasteiger charge is 2.08. The molecule has 0 N–H and O–H groups in total. The first-order chi connectivity index (χ1) is 8.79. The van der Waals surface area contributed by atoms with Crippen LogP contribution in [0.5, 0.6) is 0 Å². The number of hydrogen-bond donors (Lipinski definition) is 2. The quantitative estimate of drug-likeness (QED) is 0.466. The summed E-state index contributed by atoms with van der Waals surface area (Å²) in [6.45, 7) is 2.05. The third kappa shape index (κ3) is 2.07. The number of furan rings is 1. The molecular weight excluding hydrogens is 262 g/mol. The van der Waals surface area contributed by atoms with E-state index in [1.165, 1.54) is 5.56 Å². The van der Waals surface area contributed by atoms with Crippen LogP contribution in [-0.2, 0) is 0 Å². The fraction of sp³-hybridized carbons (Fsp3) is 0.0714. The fourth-order valence-corrected chi connectivity index (χ4v) is 2.07. The van der Waals surface area contributed by atoms with Crippen LogP contribution in [0.15, 0.2) is 40.8 Å². The zero-order chi connectivity index (χ0) is 13.1. The van der Waals surface area contributed by atoms with Crippen LogP contribution >= 0.6 is 23.3 Å². The number of aryl methyl sites for hydroxylation is 1. The molecule has 1 heterocycles. The zero-order valence-corrected chi connectivity index (χ0v) is 11.5. The summed E-state index contributed by atoms with van der Waals surface area (Å²) in [6, 6.07) is 13.6. The Morgan fingerprint density at radius 3 is 2.61 bits per heavy atom. The van der Waals surface area contributed by atoms with Crippen molar-refractivity contribution in [2.75, 3.05) is 0 Å². The first-order valence-corrected chi connectivity index (χ1v) is 6.91. The summed E-state index contributed by atoms with van der Waals surface area (Å²) in [6.07, 6.45) is 0. The summed E-state index contributed by atoms with van der Waals surface area (Å²) < 4.78 is 5.72. The minimum Gasteiger partial charge on any atom is -0.456 e. The highest BCUT2D eigenvalue weighted by Crippen LogP contribution is 2.31. The van der Waals surface area contributed by atoms with Crippen molar-refractivity contribution in [3.05, 3.63) is 47.5 Å². The summed E-state index contributed by atoms with van der Waals surface area (Å²) in [4.78, 5) is 0. The SMILES string of the molecule is Cc1cccc2oc3ccc(C#N)cc3c12.SS. The van der Waals surface area contributed by atoms with Crippen LogP contribution in [0.3, 0.4) is 0 Å². The molecular formula is C14H11NOS2. The summed E-state index contributed by atoms with van der Waals surface area (Å²) >= 11 is 6.44. The second kappa shape index (κ2) is 5.38. The van der Waals surface area contributed by atoms with Crippen LogP contribution in [0.25, 0.3) is 21.9 Å². The molecule has 0 fully saturated rings. The van der Waals surface area contributed by atoms with Gasteiger partial charge in [-0.05, 0) is 36.8 Å². The standard InChI is InChI=1S/C14H9NO.H2S2/c1-9-3-2-4-13-14(9)11-7-10(8-15)5-6-12(11)16-13;1-2/h2-7H,1H3;1-2H. The van der Waals surface area contributed by atoms with Gasteiger partial charge in [-0.1, -0.05) is 12.1 Å². The van der Waals surface area contributed by atoms with Crippen molar-refractivity contribution in [1.82, 2.24) is 0 Å². The molecule has 0 aliphatic rings. The maximum atomic E-state index is 8.90. The van der Waals surface area contributed by atoms with E-state index in [1.54, 1.807) is 6.07 Å². The van der Waals surface area contributed by atoms with Gasteiger partial charge in [-0.2, -0.15) is 5.26 Å². The van der Waals surface area contributed by atoms with Crippen molar-refractivity contribution in [3.63, 3.8) is 0 Å². The van der Waals surface area contributed by atoms with Gasteiger partial charge >= 0.3 is 0 Å². The second-order valence-corrected chi connectivity index (χ2v) is 3.87. The van der Waals surface area contributed by atoms with Crippen LogP contribution in [0.4, 0.5) is 0 Å². The fourth-order valence-electron chi connectivity index (χ4n) is 2.07. The van der Waals surface area contributed by atoms with E-state index >= 15 is 0 Å². The Labute approximate surface area is 115 Å². The lowest BCUT2D eigenvalue weighted by molar-refractivity contribution is 0.669. The molecule has 2 nitrogen and oxygen atoms in total. The van der Waals surface area contributed by atoms with Gasteiger partial charge in [0.05, 0.1) is 11.6 Å². The second-order valence-electron chi connectivity index (χ2n) is 3.87.